The zero-order valence-corrected chi connectivity index (χ0v) is 54.1. The zero-order valence-electron chi connectivity index (χ0n) is 52.4. The van der Waals surface area contributed by atoms with Gasteiger partial charge in [-0.3, -0.25) is 33.6 Å². The molecule has 2 saturated heterocycles. The lowest BCUT2D eigenvalue weighted by atomic mass is 9.88. The van der Waals surface area contributed by atoms with Gasteiger partial charge in [0.05, 0.1) is 49.7 Å². The Kier molecular flexibility index (Phi) is 31.3. The van der Waals surface area contributed by atoms with Gasteiger partial charge in [-0.25, -0.2) is 4.79 Å². The molecule has 0 radical (unpaired) electrons. The van der Waals surface area contributed by atoms with Crippen molar-refractivity contribution in [3.8, 4) is 22.3 Å². The summed E-state index contributed by atoms with van der Waals surface area (Å²) in [7, 11) is 0. The predicted molar refractivity (Wildman–Crippen MR) is 349 cm³/mol. The van der Waals surface area contributed by atoms with E-state index in [1.807, 2.05) is 60.7 Å². The van der Waals surface area contributed by atoms with Gasteiger partial charge in [0.15, 0.2) is 6.29 Å². The maximum absolute atomic E-state index is 13.0. The Labute approximate surface area is 550 Å². The quantitative estimate of drug-likeness (QED) is 0.0223. The van der Waals surface area contributed by atoms with Crippen LogP contribution in [0.4, 0.5) is 0 Å². The summed E-state index contributed by atoms with van der Waals surface area (Å²) in [6.45, 7) is 1.82. The molecule has 26 heteroatoms. The summed E-state index contributed by atoms with van der Waals surface area (Å²) in [5.74, 6) is -6.16. The molecule has 24 nitrogen and oxygen atoms in total. The van der Waals surface area contributed by atoms with Gasteiger partial charge in [0, 0.05) is 88.2 Å². The number of rotatable bonds is 40. The number of carboxylic acids is 1. The van der Waals surface area contributed by atoms with E-state index in [9.17, 15) is 74.1 Å². The van der Waals surface area contributed by atoms with Crippen molar-refractivity contribution in [2.75, 3.05) is 55.9 Å². The number of Topliss-reactive ketones (excluding diaryl/α,β-unsaturated/α-hetero) is 1. The van der Waals surface area contributed by atoms with Crippen LogP contribution in [0.25, 0.3) is 22.3 Å². The van der Waals surface area contributed by atoms with Crippen molar-refractivity contribution >= 4 is 71.1 Å². The summed E-state index contributed by atoms with van der Waals surface area (Å²) in [5.41, 5.74) is 4.30. The van der Waals surface area contributed by atoms with E-state index in [1.165, 1.54) is 30.4 Å². The standard InChI is InChI=1S/C67H89N5O19S2/c1-43(74)71-57-52(77)38-66(42-73,90-61(57)59(82)54(79)40-69-63(84)49-25-21-47(22-26-49)45-16-8-6-9-17-45)88-32-14-34-92-36-29-51(76)20-12-4-3-5-13-31-68-56(81)30-37-93-35-15-33-89-67(65(86)87)39-53(78)58(72-44(2)75)62(91-67)60(83)55(80)41-70-64(85)50-27-23-48(24-28-50)46-18-10-7-11-19-46/h6-11,16-19,21-28,42,52-55,57-62,77-80,82-83H,3-5,12-15,20,29-41H2,1-2H3,(H,68,81)(H,69,84)(H,70,85)(H,71,74)(H,72,75)(H,86,87)/t52-,53+,54+,55+,57+,58-,59+,60+,61+,62+,66+,67+/m0/s1. The van der Waals surface area contributed by atoms with Crippen LogP contribution in [0, 0.1) is 0 Å². The van der Waals surface area contributed by atoms with Crippen molar-refractivity contribution in [1.29, 1.82) is 0 Å². The third kappa shape index (κ3) is 23.9. The number of hydrogen-bond donors (Lipinski definition) is 12. The van der Waals surface area contributed by atoms with Crippen LogP contribution >= 0.6 is 23.5 Å². The number of ether oxygens (including phenoxy) is 4. The molecule has 5 amide bonds. The van der Waals surface area contributed by atoms with E-state index in [-0.39, 0.29) is 43.3 Å². The average molecular weight is 1330 g/mol. The molecule has 4 aromatic carbocycles. The molecule has 2 heterocycles. The molecular formula is C67H89N5O19S2. The SMILES string of the molecule is CC(=O)N[C@@H]1[C@H]([C@H](O)[C@H](O)CNC(=O)c2ccc(-c3ccccc3)cc2)O[C@@](OCCCSCCC(=O)NCCCCCCCC(=O)CCSCCCO[C@]2(C=O)C[C@H](O)[C@@H](NC(C)=O)[C@H]([C@H](O)[C@H](O)CNC(=O)c3ccc(-c4ccccc4)cc3)O2)(C(=O)O)C[C@H]1O. The molecule has 12 N–H and O–H groups in total. The van der Waals surface area contributed by atoms with E-state index in [1.54, 1.807) is 48.5 Å². The molecule has 0 bridgehead atoms. The van der Waals surface area contributed by atoms with Gasteiger partial charge in [-0.2, -0.15) is 23.5 Å². The van der Waals surface area contributed by atoms with Crippen molar-refractivity contribution in [3.05, 3.63) is 120 Å². The lowest BCUT2D eigenvalue weighted by Gasteiger charge is -2.46. The second-order valence-corrected chi connectivity index (χ2v) is 25.6. The fourth-order valence-electron chi connectivity index (χ4n) is 10.8. The zero-order chi connectivity index (χ0) is 67.3. The number of carbonyl (C=O) groups is 8. The summed E-state index contributed by atoms with van der Waals surface area (Å²) >= 11 is 2.99. The highest BCUT2D eigenvalue weighted by atomic mass is 32.2. The van der Waals surface area contributed by atoms with Gasteiger partial charge in [0.2, 0.25) is 23.5 Å². The highest BCUT2D eigenvalue weighted by Gasteiger charge is 2.56. The van der Waals surface area contributed by atoms with E-state index in [2.05, 4.69) is 26.6 Å². The van der Waals surface area contributed by atoms with Crippen LogP contribution in [0.2, 0.25) is 0 Å². The Morgan fingerprint density at radius 3 is 1.49 bits per heavy atom. The fourth-order valence-corrected chi connectivity index (χ4v) is 12.5. The molecule has 93 heavy (non-hydrogen) atoms. The number of aliphatic hydroxyl groups is 6. The van der Waals surface area contributed by atoms with Gasteiger partial charge < -0.3 is 81.3 Å². The van der Waals surface area contributed by atoms with Crippen molar-refractivity contribution < 1.29 is 93.0 Å². The van der Waals surface area contributed by atoms with Crippen LogP contribution < -0.4 is 26.6 Å². The van der Waals surface area contributed by atoms with E-state index in [0.717, 1.165) is 61.3 Å². The first-order chi connectivity index (χ1) is 44.6. The summed E-state index contributed by atoms with van der Waals surface area (Å²) < 4.78 is 23.4. The van der Waals surface area contributed by atoms with E-state index >= 15 is 0 Å². The number of aldehydes is 1. The number of hydrogen-bond acceptors (Lipinski definition) is 20. The molecule has 508 valence electrons. The third-order valence-electron chi connectivity index (χ3n) is 15.8. The van der Waals surface area contributed by atoms with Gasteiger partial charge >= 0.3 is 5.97 Å². The molecule has 2 aliphatic heterocycles. The number of aliphatic hydroxyl groups excluding tert-OH is 6. The van der Waals surface area contributed by atoms with Crippen molar-refractivity contribution in [2.45, 2.75) is 163 Å². The first-order valence-corrected chi connectivity index (χ1v) is 33.7. The molecule has 0 saturated carbocycles. The number of nitrogens with one attached hydrogen (secondary N) is 5. The second kappa shape index (κ2) is 38.6. The number of carboxylic acid groups (broad SMARTS) is 1. The van der Waals surface area contributed by atoms with Crippen LogP contribution in [0.15, 0.2) is 109 Å². The minimum atomic E-state index is -2.46. The molecule has 2 aliphatic rings. The summed E-state index contributed by atoms with van der Waals surface area (Å²) in [4.78, 5) is 100. The van der Waals surface area contributed by atoms with Crippen molar-refractivity contribution in [2.24, 2.45) is 0 Å². The summed E-state index contributed by atoms with van der Waals surface area (Å²) in [5, 5.41) is 90.1. The van der Waals surface area contributed by atoms with Crippen LogP contribution in [0.1, 0.15) is 112 Å². The van der Waals surface area contributed by atoms with Gasteiger partial charge in [-0.1, -0.05) is 104 Å². The molecule has 0 spiro atoms. The molecule has 0 aliphatic carbocycles. The molecule has 12 atom stereocenters. The van der Waals surface area contributed by atoms with Crippen LogP contribution in [-0.2, 0) is 47.7 Å². The maximum Gasteiger partial charge on any atom is 0.364 e. The van der Waals surface area contributed by atoms with Crippen LogP contribution in [-0.4, -0.2) is 212 Å². The number of unbranched alkanes of at least 4 members (excludes halogenated alkanes) is 4. The monoisotopic (exact) mass is 1330 g/mol. The Morgan fingerprint density at radius 2 is 1.00 bits per heavy atom. The highest BCUT2D eigenvalue weighted by molar-refractivity contribution is 7.99. The Balaban J connectivity index is 0.784. The first kappa shape index (κ1) is 75.4. The largest absolute Gasteiger partial charge is 0.477 e. The fraction of sp³-hybridized carbons (Fsp3) is 0.522. The topological polar surface area (TPSA) is 375 Å². The van der Waals surface area contributed by atoms with Crippen molar-refractivity contribution in [1.82, 2.24) is 26.6 Å². The molecule has 0 unspecified atom stereocenters. The van der Waals surface area contributed by atoms with E-state index in [4.69, 9.17) is 18.9 Å². The summed E-state index contributed by atoms with van der Waals surface area (Å²) in [6.07, 6.45) is -7.86. The minimum Gasteiger partial charge on any atom is -0.477 e. The smallest absolute Gasteiger partial charge is 0.364 e. The first-order valence-electron chi connectivity index (χ1n) is 31.4. The Bertz CT molecular complexity index is 3010. The predicted octanol–water partition coefficient (Wildman–Crippen LogP) is 3.70. The maximum atomic E-state index is 13.0. The lowest BCUT2D eigenvalue weighted by Crippen LogP contribution is -2.68. The van der Waals surface area contributed by atoms with Gasteiger partial charge in [-0.15, -0.1) is 0 Å². The lowest BCUT2D eigenvalue weighted by molar-refractivity contribution is -0.310. The number of benzene rings is 4. The number of carbonyl (C=O) groups excluding carboxylic acids is 7. The average Bonchev–Trinajstić information content (AvgIpc) is 0.807. The minimum absolute atomic E-state index is 0.0174. The third-order valence-corrected chi connectivity index (χ3v) is 18.0. The Hall–Kier alpha value is -6.66. The van der Waals surface area contributed by atoms with Crippen molar-refractivity contribution in [3.63, 3.8) is 0 Å². The number of ketones is 1. The van der Waals surface area contributed by atoms with Gasteiger partial charge in [0.25, 0.3) is 17.6 Å². The van der Waals surface area contributed by atoms with Crippen LogP contribution in [0.3, 0.4) is 0 Å². The molecule has 6 rings (SSSR count). The molecule has 0 aromatic heterocycles. The van der Waals surface area contributed by atoms with Gasteiger partial charge in [-0.05, 0) is 83.7 Å². The van der Waals surface area contributed by atoms with Crippen LogP contribution in [0.5, 0.6) is 0 Å². The number of aliphatic carboxylic acids is 1. The van der Waals surface area contributed by atoms with Gasteiger partial charge in [0.1, 0.15) is 30.2 Å². The van der Waals surface area contributed by atoms with E-state index in [0.29, 0.717) is 67.1 Å². The molecule has 4 aromatic rings. The summed E-state index contributed by atoms with van der Waals surface area (Å²) in [6, 6.07) is 30.1. The highest BCUT2D eigenvalue weighted by Crippen LogP contribution is 2.35. The van der Waals surface area contributed by atoms with E-state index < -0.39 is 122 Å². The number of thioether (sulfide) groups is 2. The normalized spacial score (nSPS) is 22.5. The number of amides is 5. The Morgan fingerprint density at radius 1 is 0.548 bits per heavy atom. The second-order valence-electron chi connectivity index (χ2n) is 23.1. The molecule has 2 fully saturated rings. The molecular weight excluding hydrogens is 1240 g/mol.